The van der Waals surface area contributed by atoms with Crippen LogP contribution < -0.4 is 5.43 Å². The Hall–Kier alpha value is -2.95. The zero-order valence-electron chi connectivity index (χ0n) is 14.1. The van der Waals surface area contributed by atoms with E-state index in [1.54, 1.807) is 35.4 Å². The molecule has 0 unspecified atom stereocenters. The van der Waals surface area contributed by atoms with Crippen molar-refractivity contribution in [2.24, 2.45) is 0 Å². The number of para-hydroxylation sites is 1. The van der Waals surface area contributed by atoms with Gasteiger partial charge in [0.15, 0.2) is 11.2 Å². The highest BCUT2D eigenvalue weighted by atomic mass is 16.3. The summed E-state index contributed by atoms with van der Waals surface area (Å²) in [4.78, 5) is 31.0. The number of amides is 1. The first-order chi connectivity index (χ1) is 12.2. The number of hydrogen-bond donors (Lipinski definition) is 0. The summed E-state index contributed by atoms with van der Waals surface area (Å²) >= 11 is 0. The molecule has 0 saturated carbocycles. The number of nitrogens with zero attached hydrogens (tertiary/aromatic N) is 2. The standard InChI is InChI=1S/C20H20N2O3/c1-2-12-22(13-10-15-7-5-6-11-21-15)20(24)19-14-17(23)16-8-3-4-9-18(16)25-19/h3-9,11,14H,2,10,12-13H2,1H3. The monoisotopic (exact) mass is 336 g/mol. The fraction of sp³-hybridized carbons (Fsp3) is 0.250. The first-order valence-corrected chi connectivity index (χ1v) is 8.41. The number of fused-ring (bicyclic) bond motifs is 1. The van der Waals surface area contributed by atoms with Crippen molar-refractivity contribution in [3.8, 4) is 0 Å². The lowest BCUT2D eigenvalue weighted by Crippen LogP contribution is -2.34. The minimum absolute atomic E-state index is 0.0816. The third-order valence-corrected chi connectivity index (χ3v) is 3.99. The van der Waals surface area contributed by atoms with E-state index in [-0.39, 0.29) is 17.1 Å². The largest absolute Gasteiger partial charge is 0.451 e. The number of rotatable bonds is 6. The number of carbonyl (C=O) groups excluding carboxylic acids is 1. The van der Waals surface area contributed by atoms with Gasteiger partial charge in [-0.1, -0.05) is 25.1 Å². The van der Waals surface area contributed by atoms with Gasteiger partial charge in [-0.3, -0.25) is 14.6 Å². The van der Waals surface area contributed by atoms with E-state index in [1.165, 1.54) is 6.07 Å². The maximum Gasteiger partial charge on any atom is 0.289 e. The molecule has 0 bridgehead atoms. The van der Waals surface area contributed by atoms with Crippen LogP contribution in [0.2, 0.25) is 0 Å². The van der Waals surface area contributed by atoms with Crippen molar-refractivity contribution in [3.63, 3.8) is 0 Å². The van der Waals surface area contributed by atoms with Crippen LogP contribution in [0.25, 0.3) is 11.0 Å². The van der Waals surface area contributed by atoms with Crippen LogP contribution in [0.5, 0.6) is 0 Å². The van der Waals surface area contributed by atoms with E-state index in [0.29, 0.717) is 30.5 Å². The van der Waals surface area contributed by atoms with Gasteiger partial charge in [0.2, 0.25) is 0 Å². The number of benzene rings is 1. The molecule has 0 aliphatic rings. The van der Waals surface area contributed by atoms with E-state index in [0.717, 1.165) is 12.1 Å². The van der Waals surface area contributed by atoms with Crippen LogP contribution in [0.1, 0.15) is 29.6 Å². The molecule has 1 amide bonds. The smallest absolute Gasteiger partial charge is 0.289 e. The van der Waals surface area contributed by atoms with Gasteiger partial charge in [0.05, 0.1) is 5.39 Å². The van der Waals surface area contributed by atoms with Crippen molar-refractivity contribution in [2.75, 3.05) is 13.1 Å². The van der Waals surface area contributed by atoms with Gasteiger partial charge in [-0.05, 0) is 30.7 Å². The predicted octanol–water partition coefficient (Wildman–Crippen LogP) is 3.28. The van der Waals surface area contributed by atoms with Gasteiger partial charge in [0.1, 0.15) is 5.58 Å². The molecule has 3 rings (SSSR count). The van der Waals surface area contributed by atoms with E-state index < -0.39 is 0 Å². The normalized spacial score (nSPS) is 10.8. The maximum atomic E-state index is 12.8. The Morgan fingerprint density at radius 2 is 1.92 bits per heavy atom. The second-order valence-corrected chi connectivity index (χ2v) is 5.83. The number of carbonyl (C=O) groups is 1. The van der Waals surface area contributed by atoms with E-state index >= 15 is 0 Å². The summed E-state index contributed by atoms with van der Waals surface area (Å²) in [7, 11) is 0. The summed E-state index contributed by atoms with van der Waals surface area (Å²) in [5.41, 5.74) is 1.15. The van der Waals surface area contributed by atoms with Gasteiger partial charge in [-0.2, -0.15) is 0 Å². The first-order valence-electron chi connectivity index (χ1n) is 8.41. The summed E-state index contributed by atoms with van der Waals surface area (Å²) in [6.07, 6.45) is 3.22. The summed E-state index contributed by atoms with van der Waals surface area (Å²) in [5, 5.41) is 0.481. The molecule has 1 aromatic carbocycles. The molecule has 0 radical (unpaired) electrons. The van der Waals surface area contributed by atoms with Crippen LogP contribution in [-0.4, -0.2) is 28.9 Å². The summed E-state index contributed by atoms with van der Waals surface area (Å²) in [6, 6.07) is 14.0. The van der Waals surface area contributed by atoms with E-state index in [2.05, 4.69) is 4.98 Å². The minimum atomic E-state index is -0.263. The van der Waals surface area contributed by atoms with E-state index in [9.17, 15) is 9.59 Å². The molecule has 0 fully saturated rings. The number of hydrogen-bond acceptors (Lipinski definition) is 4. The molecule has 2 aromatic heterocycles. The SMILES string of the molecule is CCCN(CCc1ccccn1)C(=O)c1cc(=O)c2ccccc2o1. The number of pyridine rings is 1. The zero-order valence-corrected chi connectivity index (χ0v) is 14.1. The molecular weight excluding hydrogens is 316 g/mol. The van der Waals surface area contributed by atoms with Crippen molar-refractivity contribution in [2.45, 2.75) is 19.8 Å². The average molecular weight is 336 g/mol. The van der Waals surface area contributed by atoms with Crippen LogP contribution in [0.15, 0.2) is 63.9 Å². The molecule has 25 heavy (non-hydrogen) atoms. The lowest BCUT2D eigenvalue weighted by molar-refractivity contribution is 0.0725. The average Bonchev–Trinajstić information content (AvgIpc) is 2.65. The summed E-state index contributed by atoms with van der Waals surface area (Å²) in [6.45, 7) is 3.14. The lowest BCUT2D eigenvalue weighted by Gasteiger charge is -2.21. The summed E-state index contributed by atoms with van der Waals surface area (Å²) in [5.74, 6) is -0.182. The van der Waals surface area contributed by atoms with Crippen molar-refractivity contribution >= 4 is 16.9 Å². The third kappa shape index (κ3) is 3.94. The molecule has 0 saturated heterocycles. The van der Waals surface area contributed by atoms with Gasteiger partial charge < -0.3 is 9.32 Å². The van der Waals surface area contributed by atoms with Gasteiger partial charge in [-0.15, -0.1) is 0 Å². The molecule has 0 aliphatic carbocycles. The quantitative estimate of drug-likeness (QED) is 0.693. The van der Waals surface area contributed by atoms with Gasteiger partial charge in [-0.25, -0.2) is 0 Å². The maximum absolute atomic E-state index is 12.8. The van der Waals surface area contributed by atoms with Crippen molar-refractivity contribution in [3.05, 3.63) is 76.4 Å². The Bertz CT molecular complexity index is 919. The fourth-order valence-electron chi connectivity index (χ4n) is 2.75. The Labute approximate surface area is 145 Å². The Morgan fingerprint density at radius 1 is 1.12 bits per heavy atom. The minimum Gasteiger partial charge on any atom is -0.451 e. The third-order valence-electron chi connectivity index (χ3n) is 3.99. The lowest BCUT2D eigenvalue weighted by atomic mass is 10.2. The first kappa shape index (κ1) is 16.9. The Morgan fingerprint density at radius 3 is 2.68 bits per heavy atom. The highest BCUT2D eigenvalue weighted by Gasteiger charge is 2.19. The van der Waals surface area contributed by atoms with Crippen LogP contribution >= 0.6 is 0 Å². The summed E-state index contributed by atoms with van der Waals surface area (Å²) < 4.78 is 5.68. The van der Waals surface area contributed by atoms with Crippen LogP contribution in [0.4, 0.5) is 0 Å². The van der Waals surface area contributed by atoms with Crippen LogP contribution in [-0.2, 0) is 6.42 Å². The number of aromatic nitrogens is 1. The molecule has 128 valence electrons. The molecule has 5 nitrogen and oxygen atoms in total. The Balaban J connectivity index is 1.83. The van der Waals surface area contributed by atoms with Crippen LogP contribution in [0.3, 0.4) is 0 Å². The zero-order chi connectivity index (χ0) is 17.6. The topological polar surface area (TPSA) is 63.4 Å². The van der Waals surface area contributed by atoms with Gasteiger partial charge in [0, 0.05) is 37.5 Å². The molecule has 0 atom stereocenters. The van der Waals surface area contributed by atoms with Crippen LogP contribution in [0, 0.1) is 0 Å². The van der Waals surface area contributed by atoms with Crippen molar-refractivity contribution in [1.29, 1.82) is 0 Å². The molecular formula is C20H20N2O3. The molecule has 0 aliphatic heterocycles. The second kappa shape index (κ2) is 7.75. The van der Waals surface area contributed by atoms with Crippen molar-refractivity contribution in [1.82, 2.24) is 9.88 Å². The second-order valence-electron chi connectivity index (χ2n) is 5.83. The molecule has 2 heterocycles. The van der Waals surface area contributed by atoms with E-state index in [1.807, 2.05) is 25.1 Å². The molecule has 3 aromatic rings. The van der Waals surface area contributed by atoms with Crippen molar-refractivity contribution < 1.29 is 9.21 Å². The molecule has 0 N–H and O–H groups in total. The molecule has 0 spiro atoms. The predicted molar refractivity (Wildman–Crippen MR) is 96.6 cm³/mol. The van der Waals surface area contributed by atoms with Gasteiger partial charge >= 0.3 is 0 Å². The van der Waals surface area contributed by atoms with E-state index in [4.69, 9.17) is 4.42 Å². The highest BCUT2D eigenvalue weighted by Crippen LogP contribution is 2.14. The van der Waals surface area contributed by atoms with Gasteiger partial charge in [0.25, 0.3) is 5.91 Å². The molecule has 5 heteroatoms. The fourth-order valence-corrected chi connectivity index (χ4v) is 2.75. The Kier molecular flexibility index (Phi) is 5.23. The highest BCUT2D eigenvalue weighted by molar-refractivity contribution is 5.93.